The summed E-state index contributed by atoms with van der Waals surface area (Å²) >= 11 is 0. The molecule has 0 radical (unpaired) electrons. The summed E-state index contributed by atoms with van der Waals surface area (Å²) in [7, 11) is 0. The molecule has 1 heterocycles. The Labute approximate surface area is 114 Å². The molecule has 20 heavy (non-hydrogen) atoms. The van der Waals surface area contributed by atoms with Crippen LogP contribution < -0.4 is 22.5 Å². The van der Waals surface area contributed by atoms with Crippen LogP contribution in [0.4, 0.5) is 0 Å². The fourth-order valence-corrected chi connectivity index (χ4v) is 1.87. The lowest BCUT2D eigenvalue weighted by Gasteiger charge is -2.12. The number of hydrazine groups is 2. The molecule has 0 fully saturated rings. The molecule has 0 saturated heterocycles. The van der Waals surface area contributed by atoms with Crippen molar-refractivity contribution in [2.45, 2.75) is 0 Å². The number of nitrogens with two attached hydrogens (primary N) is 2. The van der Waals surface area contributed by atoms with Crippen LogP contribution in [-0.2, 0) is 0 Å². The van der Waals surface area contributed by atoms with E-state index in [-0.39, 0.29) is 11.1 Å². The van der Waals surface area contributed by atoms with Gasteiger partial charge in [0.2, 0.25) is 0 Å². The fraction of sp³-hybridized carbons (Fsp3) is 0. The third-order valence-electron chi connectivity index (χ3n) is 2.74. The first-order chi connectivity index (χ1) is 9.69. The minimum Gasteiger partial charge on any atom is -0.290 e. The van der Waals surface area contributed by atoms with E-state index in [1.807, 2.05) is 10.9 Å². The standard InChI is InChI=1S/C13H13N5O2/c14-17-12(19)8-4-3-5-9(13(20)18-15)11(8)10-6-1-2-7-16-10/h1-7H,14-15H2,(H,17,19)(H,18,20). The van der Waals surface area contributed by atoms with Crippen LogP contribution in [0.3, 0.4) is 0 Å². The summed E-state index contributed by atoms with van der Waals surface area (Å²) < 4.78 is 0. The summed E-state index contributed by atoms with van der Waals surface area (Å²) in [5, 5.41) is 0. The number of nitrogens with zero attached hydrogens (tertiary/aromatic N) is 1. The van der Waals surface area contributed by atoms with Gasteiger partial charge in [-0.3, -0.25) is 25.4 Å². The van der Waals surface area contributed by atoms with Crippen LogP contribution in [0.15, 0.2) is 42.6 Å². The fourth-order valence-electron chi connectivity index (χ4n) is 1.87. The average Bonchev–Trinajstić information content (AvgIpc) is 2.53. The lowest BCUT2D eigenvalue weighted by atomic mass is 9.96. The van der Waals surface area contributed by atoms with Crippen LogP contribution in [0, 0.1) is 0 Å². The second kappa shape index (κ2) is 5.91. The molecule has 0 aliphatic rings. The van der Waals surface area contributed by atoms with E-state index in [1.165, 1.54) is 0 Å². The maximum atomic E-state index is 11.8. The molecule has 7 heteroatoms. The van der Waals surface area contributed by atoms with Gasteiger partial charge in [0.25, 0.3) is 11.8 Å². The van der Waals surface area contributed by atoms with Gasteiger partial charge in [0.05, 0.1) is 16.8 Å². The van der Waals surface area contributed by atoms with Crippen molar-refractivity contribution in [3.63, 3.8) is 0 Å². The number of hydrogen-bond donors (Lipinski definition) is 4. The molecule has 2 rings (SSSR count). The zero-order chi connectivity index (χ0) is 14.5. The van der Waals surface area contributed by atoms with E-state index < -0.39 is 11.8 Å². The maximum absolute atomic E-state index is 11.8. The molecule has 0 atom stereocenters. The summed E-state index contributed by atoms with van der Waals surface area (Å²) in [6, 6.07) is 9.86. The third-order valence-corrected chi connectivity index (χ3v) is 2.74. The predicted octanol–water partition coefficient (Wildman–Crippen LogP) is -0.0444. The van der Waals surface area contributed by atoms with Gasteiger partial charge in [0.15, 0.2) is 0 Å². The molecular weight excluding hydrogens is 258 g/mol. The number of pyridine rings is 1. The second-order valence-electron chi connectivity index (χ2n) is 3.89. The molecule has 0 bridgehead atoms. The maximum Gasteiger partial charge on any atom is 0.265 e. The van der Waals surface area contributed by atoms with E-state index >= 15 is 0 Å². The first-order valence-electron chi connectivity index (χ1n) is 5.75. The van der Waals surface area contributed by atoms with E-state index in [1.54, 1.807) is 42.6 Å². The highest BCUT2D eigenvalue weighted by molar-refractivity contribution is 6.08. The van der Waals surface area contributed by atoms with Crippen LogP contribution in [-0.4, -0.2) is 16.8 Å². The van der Waals surface area contributed by atoms with Crippen LogP contribution >= 0.6 is 0 Å². The van der Waals surface area contributed by atoms with Crippen molar-refractivity contribution in [3.8, 4) is 11.3 Å². The SMILES string of the molecule is NNC(=O)c1cccc(C(=O)NN)c1-c1ccccn1. The number of nitrogens with one attached hydrogen (secondary N) is 2. The molecule has 2 amide bonds. The molecule has 0 aliphatic heterocycles. The highest BCUT2D eigenvalue weighted by atomic mass is 16.2. The topological polar surface area (TPSA) is 123 Å². The normalized spacial score (nSPS) is 9.90. The number of rotatable bonds is 3. The second-order valence-corrected chi connectivity index (χ2v) is 3.89. The van der Waals surface area contributed by atoms with Gasteiger partial charge in [0, 0.05) is 11.8 Å². The Morgan fingerprint density at radius 2 is 1.50 bits per heavy atom. The average molecular weight is 271 g/mol. The number of nitrogen functional groups attached to an aromatic ring is 2. The molecule has 0 aliphatic carbocycles. The summed E-state index contributed by atoms with van der Waals surface area (Å²) in [6.07, 6.45) is 1.57. The van der Waals surface area contributed by atoms with E-state index in [4.69, 9.17) is 11.7 Å². The monoisotopic (exact) mass is 271 g/mol. The summed E-state index contributed by atoms with van der Waals surface area (Å²) in [6.45, 7) is 0. The molecular formula is C13H13N5O2. The van der Waals surface area contributed by atoms with Gasteiger partial charge in [-0.05, 0) is 24.3 Å². The molecule has 102 valence electrons. The molecule has 0 saturated carbocycles. The Bertz CT molecular complexity index is 608. The highest BCUT2D eigenvalue weighted by Crippen LogP contribution is 2.26. The van der Waals surface area contributed by atoms with Crippen LogP contribution in [0.25, 0.3) is 11.3 Å². The first-order valence-corrected chi connectivity index (χ1v) is 5.75. The van der Waals surface area contributed by atoms with E-state index in [2.05, 4.69) is 4.98 Å². The van der Waals surface area contributed by atoms with Crippen LogP contribution in [0.5, 0.6) is 0 Å². The van der Waals surface area contributed by atoms with E-state index in [0.29, 0.717) is 11.3 Å². The van der Waals surface area contributed by atoms with Gasteiger partial charge in [-0.15, -0.1) is 0 Å². The predicted molar refractivity (Wildman–Crippen MR) is 73.0 cm³/mol. The van der Waals surface area contributed by atoms with Crippen molar-refractivity contribution < 1.29 is 9.59 Å². The van der Waals surface area contributed by atoms with Crippen molar-refractivity contribution in [3.05, 3.63) is 53.7 Å². The Kier molecular flexibility index (Phi) is 4.04. The van der Waals surface area contributed by atoms with Crippen molar-refractivity contribution in [2.24, 2.45) is 11.7 Å². The number of carbonyl (C=O) groups excluding carboxylic acids is 2. The van der Waals surface area contributed by atoms with Crippen molar-refractivity contribution in [2.75, 3.05) is 0 Å². The highest BCUT2D eigenvalue weighted by Gasteiger charge is 2.20. The van der Waals surface area contributed by atoms with Crippen LogP contribution in [0.1, 0.15) is 20.7 Å². The molecule has 0 unspecified atom stereocenters. The number of benzene rings is 1. The zero-order valence-electron chi connectivity index (χ0n) is 10.5. The smallest absolute Gasteiger partial charge is 0.265 e. The molecule has 0 spiro atoms. The molecule has 1 aromatic heterocycles. The van der Waals surface area contributed by atoms with Crippen molar-refractivity contribution in [1.29, 1.82) is 0 Å². The minimum absolute atomic E-state index is 0.243. The number of carbonyl (C=O) groups is 2. The molecule has 6 N–H and O–H groups in total. The van der Waals surface area contributed by atoms with Gasteiger partial charge in [0.1, 0.15) is 0 Å². The molecule has 2 aromatic rings. The third kappa shape index (κ3) is 2.48. The van der Waals surface area contributed by atoms with Crippen molar-refractivity contribution >= 4 is 11.8 Å². The largest absolute Gasteiger partial charge is 0.290 e. The van der Waals surface area contributed by atoms with Crippen molar-refractivity contribution in [1.82, 2.24) is 15.8 Å². The first kappa shape index (κ1) is 13.7. The number of amides is 2. The van der Waals surface area contributed by atoms with E-state index in [0.717, 1.165) is 0 Å². The summed E-state index contributed by atoms with van der Waals surface area (Å²) in [4.78, 5) is 27.8. The Balaban J connectivity index is 2.72. The Morgan fingerprint density at radius 1 is 0.900 bits per heavy atom. The number of aromatic nitrogens is 1. The van der Waals surface area contributed by atoms with E-state index in [9.17, 15) is 9.59 Å². The van der Waals surface area contributed by atoms with Gasteiger partial charge in [-0.25, -0.2) is 11.7 Å². The quantitative estimate of drug-likeness (QED) is 0.354. The molecule has 7 nitrogen and oxygen atoms in total. The van der Waals surface area contributed by atoms with Gasteiger partial charge >= 0.3 is 0 Å². The minimum atomic E-state index is -0.516. The summed E-state index contributed by atoms with van der Waals surface area (Å²) in [5.74, 6) is 9.30. The summed E-state index contributed by atoms with van der Waals surface area (Å²) in [5.41, 5.74) is 5.43. The lowest BCUT2D eigenvalue weighted by Crippen LogP contribution is -2.33. The Morgan fingerprint density at radius 3 is 1.95 bits per heavy atom. The lowest BCUT2D eigenvalue weighted by molar-refractivity contribution is 0.0953. The van der Waals surface area contributed by atoms with Gasteiger partial charge < -0.3 is 0 Å². The molecule has 1 aromatic carbocycles. The van der Waals surface area contributed by atoms with Gasteiger partial charge in [-0.2, -0.15) is 0 Å². The van der Waals surface area contributed by atoms with Gasteiger partial charge in [-0.1, -0.05) is 12.1 Å². The zero-order valence-corrected chi connectivity index (χ0v) is 10.5. The Hall–Kier alpha value is -2.77. The number of hydrogen-bond acceptors (Lipinski definition) is 5. The van der Waals surface area contributed by atoms with Crippen LogP contribution in [0.2, 0.25) is 0 Å².